The smallest absolute Gasteiger partial charge is 0.254 e. The molecule has 4 rings (SSSR count). The van der Waals surface area contributed by atoms with Gasteiger partial charge in [-0.3, -0.25) is 14.4 Å². The van der Waals surface area contributed by atoms with E-state index in [1.54, 1.807) is 50.2 Å². The Kier molecular flexibility index (Phi) is 10.1. The molecule has 0 radical (unpaired) electrons. The summed E-state index contributed by atoms with van der Waals surface area (Å²) in [5.74, 6) is -2.16. The van der Waals surface area contributed by atoms with Crippen LogP contribution in [0.2, 0.25) is 10.0 Å². The lowest BCUT2D eigenvalue weighted by molar-refractivity contribution is -0.146. The first-order valence-corrected chi connectivity index (χ1v) is 14.2. The minimum atomic E-state index is -1.79. The summed E-state index contributed by atoms with van der Waals surface area (Å²) in [6.07, 6.45) is -3.43. The summed E-state index contributed by atoms with van der Waals surface area (Å²) >= 11 is 12.3. The van der Waals surface area contributed by atoms with Crippen molar-refractivity contribution >= 4 is 40.9 Å². The predicted molar refractivity (Wildman–Crippen MR) is 158 cm³/mol. The van der Waals surface area contributed by atoms with E-state index < -0.39 is 42.1 Å². The van der Waals surface area contributed by atoms with Gasteiger partial charge in [0.15, 0.2) is 6.10 Å². The maximum absolute atomic E-state index is 14.6. The largest absolute Gasteiger partial charge is 0.508 e. The van der Waals surface area contributed by atoms with Crippen LogP contribution in [0.15, 0.2) is 60.7 Å². The normalized spacial score (nSPS) is 17.9. The summed E-state index contributed by atoms with van der Waals surface area (Å²) in [7, 11) is 0. The van der Waals surface area contributed by atoms with Crippen LogP contribution in [0.25, 0.3) is 0 Å². The Bertz CT molecular complexity index is 1450. The van der Waals surface area contributed by atoms with Crippen LogP contribution in [0.1, 0.15) is 39.0 Å². The number of aliphatic hydroxyl groups excluding tert-OH is 1. The lowest BCUT2D eigenvalue weighted by atomic mass is 9.98. The number of nitrogens with one attached hydrogen (secondary N) is 2. The molecule has 0 bridgehead atoms. The number of nitrogens with zero attached hydrogens (tertiary/aromatic N) is 1. The molecule has 11 heteroatoms. The Morgan fingerprint density at radius 3 is 2.48 bits per heavy atom. The van der Waals surface area contributed by atoms with Crippen LogP contribution in [0.5, 0.6) is 5.75 Å². The first kappa shape index (κ1) is 31.3. The van der Waals surface area contributed by atoms with Crippen LogP contribution in [0.3, 0.4) is 0 Å². The fraction of sp³-hybridized carbons (Fsp3) is 0.323. The molecule has 0 saturated carbocycles. The standard InChI is InChI=1S/C31H32Cl2FN3O5/c1-17-11-20(32)13-24(33)23(17)15-35-30(41)26-14-21(34)16-37(26)31(42)28(39)25(12-19-7-4-3-5-8-19)36-29(40)22-9-6-10-27(38)18(22)2/h3-11,13,21,25-26,28,38-39H,12,14-16H2,1-2H3,(H,35,41)(H,36,40)/t21-,25-,26-,28-/m0/s1. The Morgan fingerprint density at radius 1 is 1.07 bits per heavy atom. The summed E-state index contributed by atoms with van der Waals surface area (Å²) in [5.41, 5.74) is 2.63. The highest BCUT2D eigenvalue weighted by Crippen LogP contribution is 2.27. The minimum Gasteiger partial charge on any atom is -0.508 e. The van der Waals surface area contributed by atoms with Gasteiger partial charge in [-0.25, -0.2) is 4.39 Å². The summed E-state index contributed by atoms with van der Waals surface area (Å²) < 4.78 is 14.6. The number of carbonyl (C=O) groups is 3. The van der Waals surface area contributed by atoms with Gasteiger partial charge in [0.1, 0.15) is 18.0 Å². The number of hydrogen-bond donors (Lipinski definition) is 4. The number of aliphatic hydroxyl groups is 1. The monoisotopic (exact) mass is 615 g/mol. The highest BCUT2D eigenvalue weighted by Gasteiger charge is 2.43. The van der Waals surface area contributed by atoms with Crippen LogP contribution in [-0.2, 0) is 22.6 Å². The number of amides is 3. The van der Waals surface area contributed by atoms with Gasteiger partial charge in [-0.15, -0.1) is 0 Å². The lowest BCUT2D eigenvalue weighted by Crippen LogP contribution is -2.55. The van der Waals surface area contributed by atoms with E-state index in [0.29, 0.717) is 21.2 Å². The van der Waals surface area contributed by atoms with E-state index in [-0.39, 0.29) is 37.2 Å². The average molecular weight is 617 g/mol. The zero-order valence-corrected chi connectivity index (χ0v) is 24.6. The molecule has 42 heavy (non-hydrogen) atoms. The van der Waals surface area contributed by atoms with Gasteiger partial charge >= 0.3 is 0 Å². The van der Waals surface area contributed by atoms with Crippen LogP contribution in [0.4, 0.5) is 4.39 Å². The molecule has 1 heterocycles. The second-order valence-corrected chi connectivity index (χ2v) is 11.2. The van der Waals surface area contributed by atoms with Crippen molar-refractivity contribution in [1.29, 1.82) is 0 Å². The number of halogens is 3. The molecule has 222 valence electrons. The van der Waals surface area contributed by atoms with Gasteiger partial charge in [0.2, 0.25) is 5.91 Å². The maximum atomic E-state index is 14.6. The number of aromatic hydroxyl groups is 1. The van der Waals surface area contributed by atoms with E-state index in [2.05, 4.69) is 10.6 Å². The van der Waals surface area contributed by atoms with Crippen molar-refractivity contribution in [3.05, 3.63) is 98.5 Å². The summed E-state index contributed by atoms with van der Waals surface area (Å²) in [4.78, 5) is 41.0. The Morgan fingerprint density at radius 2 is 1.79 bits per heavy atom. The second-order valence-electron chi connectivity index (χ2n) is 10.4. The van der Waals surface area contributed by atoms with Crippen LogP contribution >= 0.6 is 23.2 Å². The number of aryl methyl sites for hydroxylation is 1. The SMILES string of the molecule is Cc1cc(Cl)cc(Cl)c1CNC(=O)[C@@H]1C[C@H](F)CN1C(=O)[C@@H](O)[C@H](Cc1ccccc1)NC(=O)c1cccc(O)c1C. The van der Waals surface area contributed by atoms with E-state index in [1.165, 1.54) is 18.2 Å². The van der Waals surface area contributed by atoms with Gasteiger partial charge in [-0.1, -0.05) is 59.6 Å². The summed E-state index contributed by atoms with van der Waals surface area (Å²) in [5, 5.41) is 27.6. The van der Waals surface area contributed by atoms with Gasteiger partial charge in [0.25, 0.3) is 11.8 Å². The molecule has 1 fully saturated rings. The van der Waals surface area contributed by atoms with Crippen molar-refractivity contribution in [3.63, 3.8) is 0 Å². The number of likely N-dealkylation sites (tertiary alicyclic amines) is 1. The van der Waals surface area contributed by atoms with Crippen molar-refractivity contribution < 1.29 is 29.0 Å². The molecule has 1 saturated heterocycles. The van der Waals surface area contributed by atoms with E-state index in [1.807, 2.05) is 6.07 Å². The number of phenolic OH excluding ortho intramolecular Hbond substituents is 1. The molecule has 0 aliphatic carbocycles. The first-order valence-electron chi connectivity index (χ1n) is 13.4. The predicted octanol–water partition coefficient (Wildman–Crippen LogP) is 4.27. The zero-order valence-electron chi connectivity index (χ0n) is 23.1. The topological polar surface area (TPSA) is 119 Å². The number of hydrogen-bond acceptors (Lipinski definition) is 5. The number of rotatable bonds is 9. The fourth-order valence-corrected chi connectivity index (χ4v) is 5.76. The molecule has 0 unspecified atom stereocenters. The van der Waals surface area contributed by atoms with Crippen LogP contribution < -0.4 is 10.6 Å². The van der Waals surface area contributed by atoms with Crippen molar-refractivity contribution in [3.8, 4) is 5.75 Å². The Labute approximate surface area is 253 Å². The van der Waals surface area contributed by atoms with Gasteiger partial charge in [-0.05, 0) is 61.2 Å². The average Bonchev–Trinajstić information content (AvgIpc) is 3.34. The van der Waals surface area contributed by atoms with E-state index >= 15 is 0 Å². The van der Waals surface area contributed by atoms with Gasteiger partial charge in [0, 0.05) is 34.1 Å². The van der Waals surface area contributed by atoms with Gasteiger partial charge < -0.3 is 25.7 Å². The van der Waals surface area contributed by atoms with Crippen molar-refractivity contribution in [2.24, 2.45) is 0 Å². The molecule has 3 amide bonds. The summed E-state index contributed by atoms with van der Waals surface area (Å²) in [6, 6.07) is 14.4. The highest BCUT2D eigenvalue weighted by molar-refractivity contribution is 6.35. The summed E-state index contributed by atoms with van der Waals surface area (Å²) in [6.45, 7) is 3.02. The van der Waals surface area contributed by atoms with Gasteiger partial charge in [-0.2, -0.15) is 0 Å². The van der Waals surface area contributed by atoms with Crippen molar-refractivity contribution in [2.75, 3.05) is 6.54 Å². The molecule has 8 nitrogen and oxygen atoms in total. The zero-order chi connectivity index (χ0) is 30.6. The number of phenols is 1. The molecular weight excluding hydrogens is 584 g/mol. The molecule has 1 aliphatic rings. The quantitative estimate of drug-likeness (QED) is 0.287. The van der Waals surface area contributed by atoms with E-state index in [0.717, 1.165) is 16.0 Å². The van der Waals surface area contributed by atoms with Gasteiger partial charge in [0.05, 0.1) is 12.6 Å². The van der Waals surface area contributed by atoms with Crippen molar-refractivity contribution in [1.82, 2.24) is 15.5 Å². The molecule has 3 aromatic rings. The number of benzene rings is 3. The third-order valence-electron chi connectivity index (χ3n) is 7.46. The second kappa shape index (κ2) is 13.5. The third kappa shape index (κ3) is 7.21. The minimum absolute atomic E-state index is 0.0364. The highest BCUT2D eigenvalue weighted by atomic mass is 35.5. The molecule has 3 aromatic carbocycles. The number of carbonyl (C=O) groups excluding carboxylic acids is 3. The molecule has 1 aliphatic heterocycles. The molecule has 0 spiro atoms. The van der Waals surface area contributed by atoms with Crippen molar-refractivity contribution in [2.45, 2.75) is 57.6 Å². The molecule has 0 aromatic heterocycles. The Balaban J connectivity index is 1.53. The lowest BCUT2D eigenvalue weighted by Gasteiger charge is -2.30. The van der Waals surface area contributed by atoms with Crippen LogP contribution in [-0.4, -0.2) is 63.7 Å². The van der Waals surface area contributed by atoms with E-state index in [4.69, 9.17) is 23.2 Å². The molecule has 4 N–H and O–H groups in total. The third-order valence-corrected chi connectivity index (χ3v) is 8.01. The Hall–Kier alpha value is -3.66. The maximum Gasteiger partial charge on any atom is 0.254 e. The molecular formula is C31H32Cl2FN3O5. The number of alkyl halides is 1. The van der Waals surface area contributed by atoms with Crippen LogP contribution in [0, 0.1) is 13.8 Å². The fourth-order valence-electron chi connectivity index (χ4n) is 5.09. The molecule has 4 atom stereocenters. The first-order chi connectivity index (χ1) is 20.0. The van der Waals surface area contributed by atoms with E-state index in [9.17, 15) is 29.0 Å².